The van der Waals surface area contributed by atoms with Gasteiger partial charge in [0.25, 0.3) is 0 Å². The number of nitrogens with zero attached hydrogens (tertiary/aromatic N) is 1. The summed E-state index contributed by atoms with van der Waals surface area (Å²) in [6.45, 7) is -0.472. The number of benzene rings is 2. The first-order chi connectivity index (χ1) is 10.6. The first-order valence-electron chi connectivity index (χ1n) is 6.94. The molecule has 2 aromatic carbocycles. The highest BCUT2D eigenvalue weighted by Gasteiger charge is 2.72. The van der Waals surface area contributed by atoms with Gasteiger partial charge in [0.15, 0.2) is 9.84 Å². The SMILES string of the molecule is N#CC1(CO)C(c2ccccc2)C1S(=O)(=O)c1ccccc1. The van der Waals surface area contributed by atoms with Crippen molar-refractivity contribution in [2.24, 2.45) is 5.41 Å². The van der Waals surface area contributed by atoms with Gasteiger partial charge in [-0.05, 0) is 17.7 Å². The van der Waals surface area contributed by atoms with Crippen molar-refractivity contribution in [3.63, 3.8) is 0 Å². The Hall–Kier alpha value is -2.16. The Kier molecular flexibility index (Phi) is 3.51. The van der Waals surface area contributed by atoms with Crippen molar-refractivity contribution in [1.29, 1.82) is 5.26 Å². The molecule has 3 atom stereocenters. The van der Waals surface area contributed by atoms with E-state index in [0.717, 1.165) is 5.56 Å². The van der Waals surface area contributed by atoms with Gasteiger partial charge < -0.3 is 5.11 Å². The van der Waals surface area contributed by atoms with Crippen molar-refractivity contribution >= 4 is 9.84 Å². The van der Waals surface area contributed by atoms with Crippen LogP contribution in [0.15, 0.2) is 65.6 Å². The summed E-state index contributed by atoms with van der Waals surface area (Å²) in [6, 6.07) is 19.2. The molecule has 1 saturated carbocycles. The van der Waals surface area contributed by atoms with Gasteiger partial charge in [0, 0.05) is 5.92 Å². The van der Waals surface area contributed by atoms with E-state index in [2.05, 4.69) is 0 Å². The van der Waals surface area contributed by atoms with Crippen LogP contribution in [-0.4, -0.2) is 25.4 Å². The van der Waals surface area contributed by atoms with Crippen LogP contribution in [0.2, 0.25) is 0 Å². The molecule has 0 heterocycles. The lowest BCUT2D eigenvalue weighted by Gasteiger charge is -2.05. The number of sulfone groups is 1. The highest BCUT2D eigenvalue weighted by atomic mass is 32.2. The monoisotopic (exact) mass is 313 g/mol. The molecule has 112 valence electrons. The van der Waals surface area contributed by atoms with E-state index in [1.54, 1.807) is 42.5 Å². The Bertz CT molecular complexity index is 812. The summed E-state index contributed by atoms with van der Waals surface area (Å²) in [5.74, 6) is -0.506. The lowest BCUT2D eigenvalue weighted by atomic mass is 10.0. The molecule has 0 aliphatic heterocycles. The number of rotatable bonds is 4. The predicted octanol–water partition coefficient (Wildman–Crippen LogP) is 2.13. The molecule has 5 heteroatoms. The zero-order chi connectivity index (χ0) is 15.8. The molecule has 0 amide bonds. The Labute approximate surface area is 129 Å². The Morgan fingerprint density at radius 3 is 2.09 bits per heavy atom. The molecule has 0 aromatic heterocycles. The summed E-state index contributed by atoms with van der Waals surface area (Å²) >= 11 is 0. The molecule has 1 aliphatic carbocycles. The van der Waals surface area contributed by atoms with Crippen molar-refractivity contribution < 1.29 is 13.5 Å². The van der Waals surface area contributed by atoms with E-state index in [9.17, 15) is 18.8 Å². The van der Waals surface area contributed by atoms with Crippen molar-refractivity contribution in [2.75, 3.05) is 6.61 Å². The molecule has 1 N–H and O–H groups in total. The first-order valence-corrected chi connectivity index (χ1v) is 8.48. The molecule has 1 aliphatic rings. The van der Waals surface area contributed by atoms with Gasteiger partial charge in [-0.2, -0.15) is 5.26 Å². The number of nitriles is 1. The standard InChI is InChI=1S/C17H15NO3S/c18-11-17(12-19)15(13-7-3-1-4-8-13)16(17)22(20,21)14-9-5-2-6-10-14/h1-10,15-16,19H,12H2. The van der Waals surface area contributed by atoms with E-state index in [1.165, 1.54) is 12.1 Å². The van der Waals surface area contributed by atoms with Crippen molar-refractivity contribution in [3.8, 4) is 6.07 Å². The average Bonchev–Trinajstić information content (AvgIpc) is 3.27. The zero-order valence-electron chi connectivity index (χ0n) is 11.8. The molecular weight excluding hydrogens is 298 g/mol. The molecule has 3 rings (SSSR count). The van der Waals surface area contributed by atoms with Crippen molar-refractivity contribution in [1.82, 2.24) is 0 Å². The van der Waals surface area contributed by atoms with E-state index in [0.29, 0.717) is 0 Å². The maximum Gasteiger partial charge on any atom is 0.183 e. The lowest BCUT2D eigenvalue weighted by molar-refractivity contribution is 0.242. The number of aliphatic hydroxyl groups is 1. The fourth-order valence-corrected chi connectivity index (χ4v) is 5.44. The second-order valence-electron chi connectivity index (χ2n) is 5.48. The Balaban J connectivity index is 2.08. The molecule has 0 spiro atoms. The summed E-state index contributed by atoms with van der Waals surface area (Å²) in [6.07, 6.45) is 0. The lowest BCUT2D eigenvalue weighted by Crippen LogP contribution is -2.18. The van der Waals surface area contributed by atoms with Gasteiger partial charge in [-0.25, -0.2) is 8.42 Å². The van der Waals surface area contributed by atoms with Crippen LogP contribution in [0.25, 0.3) is 0 Å². The third kappa shape index (κ3) is 2.04. The minimum Gasteiger partial charge on any atom is -0.395 e. The van der Waals surface area contributed by atoms with E-state index >= 15 is 0 Å². The van der Waals surface area contributed by atoms with E-state index in [4.69, 9.17) is 0 Å². The van der Waals surface area contributed by atoms with Crippen LogP contribution in [0.1, 0.15) is 11.5 Å². The third-order valence-electron chi connectivity index (χ3n) is 4.29. The molecule has 1 fully saturated rings. The number of hydrogen-bond donors (Lipinski definition) is 1. The van der Waals surface area contributed by atoms with Gasteiger partial charge in [0.1, 0.15) is 5.41 Å². The van der Waals surface area contributed by atoms with Crippen molar-refractivity contribution in [2.45, 2.75) is 16.1 Å². The molecule has 4 nitrogen and oxygen atoms in total. The van der Waals surface area contributed by atoms with Gasteiger partial charge in [-0.15, -0.1) is 0 Å². The first kappa shape index (κ1) is 14.8. The summed E-state index contributed by atoms with van der Waals surface area (Å²) in [7, 11) is -3.68. The second-order valence-corrected chi connectivity index (χ2v) is 7.55. The molecule has 2 aromatic rings. The normalized spacial score (nSPS) is 27.1. The molecular formula is C17H15NO3S. The van der Waals surface area contributed by atoms with E-state index in [-0.39, 0.29) is 4.90 Å². The van der Waals surface area contributed by atoms with Crippen LogP contribution < -0.4 is 0 Å². The van der Waals surface area contributed by atoms with Crippen LogP contribution >= 0.6 is 0 Å². The largest absolute Gasteiger partial charge is 0.395 e. The summed E-state index contributed by atoms with van der Waals surface area (Å²) in [5.41, 5.74) is -0.502. The van der Waals surface area contributed by atoms with E-state index < -0.39 is 33.0 Å². The summed E-state index contributed by atoms with van der Waals surface area (Å²) in [4.78, 5) is 0.187. The molecule has 22 heavy (non-hydrogen) atoms. The minimum atomic E-state index is -3.68. The fourth-order valence-electron chi connectivity index (χ4n) is 3.11. The second kappa shape index (κ2) is 5.24. The highest BCUT2D eigenvalue weighted by molar-refractivity contribution is 7.92. The molecule has 3 unspecified atom stereocenters. The molecule has 0 bridgehead atoms. The van der Waals surface area contributed by atoms with Gasteiger partial charge in [-0.1, -0.05) is 48.5 Å². The topological polar surface area (TPSA) is 78.2 Å². The van der Waals surface area contributed by atoms with Crippen LogP contribution in [0.3, 0.4) is 0 Å². The predicted molar refractivity (Wildman–Crippen MR) is 81.7 cm³/mol. The Morgan fingerprint density at radius 1 is 1.05 bits per heavy atom. The fraction of sp³-hybridized carbons (Fsp3) is 0.235. The Morgan fingerprint density at radius 2 is 1.59 bits per heavy atom. The van der Waals surface area contributed by atoms with Crippen LogP contribution in [0.5, 0.6) is 0 Å². The maximum absolute atomic E-state index is 12.8. The average molecular weight is 313 g/mol. The highest BCUT2D eigenvalue weighted by Crippen LogP contribution is 2.63. The zero-order valence-corrected chi connectivity index (χ0v) is 12.6. The van der Waals surface area contributed by atoms with Gasteiger partial charge in [0.05, 0.1) is 22.8 Å². The minimum absolute atomic E-state index is 0.187. The smallest absolute Gasteiger partial charge is 0.183 e. The van der Waals surface area contributed by atoms with Crippen LogP contribution in [0, 0.1) is 16.7 Å². The third-order valence-corrected chi connectivity index (χ3v) is 6.58. The van der Waals surface area contributed by atoms with Crippen LogP contribution in [0.4, 0.5) is 0 Å². The molecule has 0 radical (unpaired) electrons. The van der Waals surface area contributed by atoms with Crippen LogP contribution in [-0.2, 0) is 9.84 Å². The van der Waals surface area contributed by atoms with Crippen molar-refractivity contribution in [3.05, 3.63) is 66.2 Å². The quantitative estimate of drug-likeness (QED) is 0.938. The number of hydrogen-bond acceptors (Lipinski definition) is 4. The molecule has 0 saturated heterocycles. The maximum atomic E-state index is 12.8. The van der Waals surface area contributed by atoms with Gasteiger partial charge in [0.2, 0.25) is 0 Å². The van der Waals surface area contributed by atoms with Gasteiger partial charge in [-0.3, -0.25) is 0 Å². The summed E-state index contributed by atoms with van der Waals surface area (Å²) < 4.78 is 25.7. The van der Waals surface area contributed by atoms with E-state index in [1.807, 2.05) is 12.1 Å². The summed E-state index contributed by atoms with van der Waals surface area (Å²) in [5, 5.41) is 18.3. The van der Waals surface area contributed by atoms with Gasteiger partial charge >= 0.3 is 0 Å². The number of aliphatic hydroxyl groups excluding tert-OH is 1.